The molecule has 0 spiro atoms. The molecule has 0 aromatic carbocycles. The molecule has 1 fully saturated rings. The van der Waals surface area contributed by atoms with Gasteiger partial charge in [0.1, 0.15) is 0 Å². The molecule has 5 nitrogen and oxygen atoms in total. The van der Waals surface area contributed by atoms with Gasteiger partial charge in [0, 0.05) is 23.7 Å². The first-order valence-electron chi connectivity index (χ1n) is 5.39. The van der Waals surface area contributed by atoms with E-state index in [1.54, 1.807) is 10.8 Å². The summed E-state index contributed by atoms with van der Waals surface area (Å²) in [4.78, 5) is 36.4. The van der Waals surface area contributed by atoms with Crippen LogP contribution >= 0.6 is 11.3 Å². The van der Waals surface area contributed by atoms with Gasteiger partial charge in [-0.1, -0.05) is 0 Å². The van der Waals surface area contributed by atoms with E-state index in [9.17, 15) is 14.4 Å². The number of nitrogens with one attached hydrogen (secondary N) is 1. The minimum Gasteiger partial charge on any atom is -0.354 e. The SMILES string of the molecule is O=C1CCC(N2C(=O)c3cscc3C2=O)CN1. The highest BCUT2D eigenvalue weighted by molar-refractivity contribution is 7.08. The number of rotatable bonds is 1. The molecule has 0 aliphatic carbocycles. The maximum Gasteiger partial charge on any atom is 0.262 e. The first kappa shape index (κ1) is 10.5. The third-order valence-corrected chi connectivity index (χ3v) is 3.91. The summed E-state index contributed by atoms with van der Waals surface area (Å²) in [5.74, 6) is -0.477. The second-order valence-electron chi connectivity index (χ2n) is 4.18. The van der Waals surface area contributed by atoms with Gasteiger partial charge in [-0.05, 0) is 6.42 Å². The lowest BCUT2D eigenvalue weighted by atomic mass is 10.1. The second kappa shape index (κ2) is 3.66. The van der Waals surface area contributed by atoms with Crippen LogP contribution in [0, 0.1) is 0 Å². The summed E-state index contributed by atoms with van der Waals surface area (Å²) >= 11 is 1.36. The number of fused-ring (bicyclic) bond motifs is 1. The predicted octanol–water partition coefficient (Wildman–Crippen LogP) is 0.623. The molecule has 3 amide bonds. The summed E-state index contributed by atoms with van der Waals surface area (Å²) < 4.78 is 0. The van der Waals surface area contributed by atoms with Crippen molar-refractivity contribution in [2.45, 2.75) is 18.9 Å². The standard InChI is InChI=1S/C11H10N2O3S/c14-9-2-1-6(3-12-9)13-10(15)7-4-17-5-8(7)11(13)16/h4-6H,1-3H2,(H,12,14). The number of imide groups is 1. The molecule has 1 saturated heterocycles. The molecule has 1 aromatic rings. The zero-order valence-electron chi connectivity index (χ0n) is 8.93. The molecule has 3 rings (SSSR count). The lowest BCUT2D eigenvalue weighted by Crippen LogP contribution is -2.50. The summed E-state index contributed by atoms with van der Waals surface area (Å²) in [5, 5.41) is 6.10. The third kappa shape index (κ3) is 1.48. The van der Waals surface area contributed by atoms with Crippen LogP contribution in [0.5, 0.6) is 0 Å². The number of nitrogens with zero attached hydrogens (tertiary/aromatic N) is 1. The lowest BCUT2D eigenvalue weighted by molar-refractivity contribution is -0.123. The highest BCUT2D eigenvalue weighted by Gasteiger charge is 2.41. The van der Waals surface area contributed by atoms with Gasteiger partial charge < -0.3 is 5.32 Å². The first-order chi connectivity index (χ1) is 8.18. The van der Waals surface area contributed by atoms with Gasteiger partial charge in [-0.2, -0.15) is 11.3 Å². The normalized spacial score (nSPS) is 23.9. The average molecular weight is 250 g/mol. The number of hydrogen-bond acceptors (Lipinski definition) is 4. The maximum absolute atomic E-state index is 12.0. The molecule has 1 N–H and O–H groups in total. The van der Waals surface area contributed by atoms with Gasteiger partial charge in [-0.15, -0.1) is 0 Å². The van der Waals surface area contributed by atoms with Crippen LogP contribution in [0.2, 0.25) is 0 Å². The Balaban J connectivity index is 1.87. The highest BCUT2D eigenvalue weighted by atomic mass is 32.1. The largest absolute Gasteiger partial charge is 0.354 e. The van der Waals surface area contributed by atoms with Crippen molar-refractivity contribution in [3.8, 4) is 0 Å². The van der Waals surface area contributed by atoms with E-state index in [0.29, 0.717) is 30.5 Å². The van der Waals surface area contributed by atoms with Crippen molar-refractivity contribution in [3.05, 3.63) is 21.9 Å². The molecule has 0 radical (unpaired) electrons. The van der Waals surface area contributed by atoms with Gasteiger partial charge >= 0.3 is 0 Å². The van der Waals surface area contributed by atoms with Crippen molar-refractivity contribution in [3.63, 3.8) is 0 Å². The molecule has 17 heavy (non-hydrogen) atoms. The number of carbonyl (C=O) groups is 3. The summed E-state index contributed by atoms with van der Waals surface area (Å²) in [5.41, 5.74) is 0.994. The van der Waals surface area contributed by atoms with E-state index in [4.69, 9.17) is 0 Å². The molecule has 6 heteroatoms. The monoisotopic (exact) mass is 250 g/mol. The van der Waals surface area contributed by atoms with Crippen LogP contribution in [-0.2, 0) is 4.79 Å². The second-order valence-corrected chi connectivity index (χ2v) is 4.92. The third-order valence-electron chi connectivity index (χ3n) is 3.16. The Morgan fingerprint density at radius 1 is 1.18 bits per heavy atom. The Hall–Kier alpha value is -1.69. The smallest absolute Gasteiger partial charge is 0.262 e. The summed E-state index contributed by atoms with van der Waals surface area (Å²) in [7, 11) is 0. The van der Waals surface area contributed by atoms with E-state index < -0.39 is 0 Å². The summed E-state index contributed by atoms with van der Waals surface area (Å²) in [6.45, 7) is 0.365. The zero-order chi connectivity index (χ0) is 12.0. The Bertz CT molecular complexity index is 482. The average Bonchev–Trinajstić information content (AvgIpc) is 2.87. The van der Waals surface area contributed by atoms with E-state index in [2.05, 4.69) is 5.32 Å². The summed E-state index contributed by atoms with van der Waals surface area (Å²) in [6.07, 6.45) is 0.922. The molecule has 3 heterocycles. The molecule has 1 unspecified atom stereocenters. The van der Waals surface area contributed by atoms with Crippen molar-refractivity contribution in [2.75, 3.05) is 6.54 Å². The number of piperidine rings is 1. The maximum atomic E-state index is 12.0. The molecule has 88 valence electrons. The van der Waals surface area contributed by atoms with Crippen molar-refractivity contribution in [1.82, 2.24) is 10.2 Å². The van der Waals surface area contributed by atoms with E-state index >= 15 is 0 Å². The van der Waals surface area contributed by atoms with Crippen LogP contribution in [0.25, 0.3) is 0 Å². The van der Waals surface area contributed by atoms with Gasteiger partial charge in [0.2, 0.25) is 5.91 Å². The van der Waals surface area contributed by atoms with Crippen molar-refractivity contribution in [1.29, 1.82) is 0 Å². The fraction of sp³-hybridized carbons (Fsp3) is 0.364. The molecule has 2 aliphatic heterocycles. The molecule has 0 bridgehead atoms. The number of amides is 3. The van der Waals surface area contributed by atoms with E-state index in [1.807, 2.05) is 0 Å². The number of thiophene rings is 1. The van der Waals surface area contributed by atoms with E-state index in [-0.39, 0.29) is 23.8 Å². The van der Waals surface area contributed by atoms with Gasteiger partial charge in [0.05, 0.1) is 17.2 Å². The number of carbonyl (C=O) groups excluding carboxylic acids is 3. The molecule has 1 aromatic heterocycles. The molecular weight excluding hydrogens is 240 g/mol. The Labute approximate surface area is 101 Å². The fourth-order valence-electron chi connectivity index (χ4n) is 2.25. The molecule has 2 aliphatic rings. The van der Waals surface area contributed by atoms with Gasteiger partial charge in [0.15, 0.2) is 0 Å². The van der Waals surface area contributed by atoms with Crippen LogP contribution in [0.3, 0.4) is 0 Å². The zero-order valence-corrected chi connectivity index (χ0v) is 9.75. The van der Waals surface area contributed by atoms with E-state index in [1.165, 1.54) is 16.2 Å². The van der Waals surface area contributed by atoms with Gasteiger partial charge in [-0.25, -0.2) is 0 Å². The van der Waals surface area contributed by atoms with Crippen LogP contribution in [0.4, 0.5) is 0 Å². The van der Waals surface area contributed by atoms with Gasteiger partial charge in [0.25, 0.3) is 11.8 Å². The van der Waals surface area contributed by atoms with Crippen LogP contribution in [0.1, 0.15) is 33.6 Å². The summed E-state index contributed by atoms with van der Waals surface area (Å²) in [6, 6.07) is -0.204. The van der Waals surface area contributed by atoms with Gasteiger partial charge in [-0.3, -0.25) is 19.3 Å². The van der Waals surface area contributed by atoms with Crippen molar-refractivity contribution < 1.29 is 14.4 Å². The molecule has 0 saturated carbocycles. The fourth-order valence-corrected chi connectivity index (χ4v) is 3.05. The minimum atomic E-state index is -0.229. The lowest BCUT2D eigenvalue weighted by Gasteiger charge is -2.29. The van der Waals surface area contributed by atoms with Crippen molar-refractivity contribution in [2.24, 2.45) is 0 Å². The van der Waals surface area contributed by atoms with Crippen molar-refractivity contribution >= 4 is 29.1 Å². The topological polar surface area (TPSA) is 66.5 Å². The van der Waals surface area contributed by atoms with Crippen LogP contribution in [-0.4, -0.2) is 35.2 Å². The highest BCUT2D eigenvalue weighted by Crippen LogP contribution is 2.29. The quantitative estimate of drug-likeness (QED) is 0.743. The Morgan fingerprint density at radius 3 is 2.35 bits per heavy atom. The Morgan fingerprint density at radius 2 is 1.82 bits per heavy atom. The van der Waals surface area contributed by atoms with E-state index in [0.717, 1.165) is 0 Å². The molecular formula is C11H10N2O3S. The van der Waals surface area contributed by atoms with Crippen LogP contribution in [0.15, 0.2) is 10.8 Å². The predicted molar refractivity (Wildman–Crippen MR) is 60.9 cm³/mol. The minimum absolute atomic E-state index is 0.0190. The molecule has 1 atom stereocenters. The Kier molecular flexibility index (Phi) is 2.25. The number of hydrogen-bond donors (Lipinski definition) is 1. The first-order valence-corrected chi connectivity index (χ1v) is 6.33. The van der Waals surface area contributed by atoms with Crippen LogP contribution < -0.4 is 5.32 Å².